The fraction of sp³-hybridized carbons (Fsp3) is 0.333. The first-order valence-corrected chi connectivity index (χ1v) is 6.28. The Bertz CT molecular complexity index is 569. The number of aromatic nitrogens is 3. The molecule has 0 fully saturated rings. The number of halogens is 4. The average molecular weight is 305 g/mol. The molecule has 2 rings (SSSR count). The van der Waals surface area contributed by atoms with Gasteiger partial charge in [0.25, 0.3) is 0 Å². The number of aromatic amines is 1. The summed E-state index contributed by atoms with van der Waals surface area (Å²) in [7, 11) is 0. The number of rotatable bonds is 4. The standard InChI is InChI=1S/C12H12ClF3N4/c1-2-9(11-17-3-4-18-11)20-10-8(13)5-7(6-19-10)12(14,15)16/h3-6,9H,2H2,1H3,(H,17,18)(H,19,20). The number of hydrogen-bond donors (Lipinski definition) is 2. The second-order valence-electron chi connectivity index (χ2n) is 4.13. The van der Waals surface area contributed by atoms with Gasteiger partial charge in [0.2, 0.25) is 0 Å². The van der Waals surface area contributed by atoms with Gasteiger partial charge in [0.1, 0.15) is 11.6 Å². The predicted molar refractivity (Wildman–Crippen MR) is 69.5 cm³/mol. The van der Waals surface area contributed by atoms with Gasteiger partial charge < -0.3 is 10.3 Å². The minimum Gasteiger partial charge on any atom is -0.359 e. The van der Waals surface area contributed by atoms with Crippen molar-refractivity contribution in [3.63, 3.8) is 0 Å². The van der Waals surface area contributed by atoms with Gasteiger partial charge in [-0.15, -0.1) is 0 Å². The highest BCUT2D eigenvalue weighted by Crippen LogP contribution is 2.33. The van der Waals surface area contributed by atoms with Crippen LogP contribution in [0.15, 0.2) is 24.7 Å². The van der Waals surface area contributed by atoms with Crippen molar-refractivity contribution in [3.05, 3.63) is 41.1 Å². The van der Waals surface area contributed by atoms with E-state index in [0.717, 1.165) is 12.3 Å². The quantitative estimate of drug-likeness (QED) is 0.896. The largest absolute Gasteiger partial charge is 0.417 e. The van der Waals surface area contributed by atoms with Crippen LogP contribution in [0, 0.1) is 0 Å². The van der Waals surface area contributed by atoms with Crippen molar-refractivity contribution in [1.82, 2.24) is 15.0 Å². The molecule has 20 heavy (non-hydrogen) atoms. The molecule has 2 heterocycles. The van der Waals surface area contributed by atoms with E-state index in [0.29, 0.717) is 12.2 Å². The molecule has 0 aromatic carbocycles. The maximum atomic E-state index is 12.5. The summed E-state index contributed by atoms with van der Waals surface area (Å²) < 4.78 is 37.6. The molecule has 1 unspecified atom stereocenters. The molecule has 0 radical (unpaired) electrons. The first-order valence-electron chi connectivity index (χ1n) is 5.90. The number of hydrogen-bond acceptors (Lipinski definition) is 3. The zero-order chi connectivity index (χ0) is 14.8. The Morgan fingerprint density at radius 3 is 2.65 bits per heavy atom. The fourth-order valence-corrected chi connectivity index (χ4v) is 1.92. The normalized spacial score (nSPS) is 13.2. The van der Waals surface area contributed by atoms with Crippen LogP contribution in [0.4, 0.5) is 19.0 Å². The monoisotopic (exact) mass is 304 g/mol. The van der Waals surface area contributed by atoms with Crippen molar-refractivity contribution in [2.24, 2.45) is 0 Å². The molecule has 2 aromatic rings. The van der Waals surface area contributed by atoms with E-state index in [1.165, 1.54) is 0 Å². The first kappa shape index (κ1) is 14.6. The maximum absolute atomic E-state index is 12.5. The highest BCUT2D eigenvalue weighted by Gasteiger charge is 2.31. The maximum Gasteiger partial charge on any atom is 0.417 e. The summed E-state index contributed by atoms with van der Waals surface area (Å²) in [6, 6.07) is 0.651. The Morgan fingerprint density at radius 2 is 2.15 bits per heavy atom. The lowest BCUT2D eigenvalue weighted by atomic mass is 10.2. The Kier molecular flexibility index (Phi) is 4.17. The second kappa shape index (κ2) is 5.70. The predicted octanol–water partition coefficient (Wildman–Crippen LogP) is 4.04. The molecule has 0 amide bonds. The van der Waals surface area contributed by atoms with Crippen molar-refractivity contribution in [1.29, 1.82) is 0 Å². The minimum atomic E-state index is -4.46. The third-order valence-electron chi connectivity index (χ3n) is 2.74. The van der Waals surface area contributed by atoms with Gasteiger partial charge in [0, 0.05) is 18.6 Å². The molecule has 0 saturated heterocycles. The van der Waals surface area contributed by atoms with Gasteiger partial charge in [-0.2, -0.15) is 13.2 Å². The third kappa shape index (κ3) is 3.22. The molecule has 2 aromatic heterocycles. The molecule has 2 N–H and O–H groups in total. The van der Waals surface area contributed by atoms with E-state index in [-0.39, 0.29) is 16.9 Å². The van der Waals surface area contributed by atoms with Crippen LogP contribution in [0.5, 0.6) is 0 Å². The van der Waals surface area contributed by atoms with E-state index in [1.807, 2.05) is 6.92 Å². The van der Waals surface area contributed by atoms with Gasteiger partial charge >= 0.3 is 6.18 Å². The highest BCUT2D eigenvalue weighted by atomic mass is 35.5. The number of imidazole rings is 1. The highest BCUT2D eigenvalue weighted by molar-refractivity contribution is 6.33. The summed E-state index contributed by atoms with van der Waals surface area (Å²) in [5, 5.41) is 2.90. The van der Waals surface area contributed by atoms with Gasteiger partial charge in [-0.05, 0) is 12.5 Å². The summed E-state index contributed by atoms with van der Waals surface area (Å²) >= 11 is 5.84. The van der Waals surface area contributed by atoms with Crippen LogP contribution in [-0.2, 0) is 6.18 Å². The van der Waals surface area contributed by atoms with Gasteiger partial charge in [-0.25, -0.2) is 9.97 Å². The lowest BCUT2D eigenvalue weighted by Gasteiger charge is -2.17. The van der Waals surface area contributed by atoms with E-state index in [2.05, 4.69) is 20.3 Å². The Labute approximate surface area is 118 Å². The van der Waals surface area contributed by atoms with Crippen molar-refractivity contribution in [3.8, 4) is 0 Å². The van der Waals surface area contributed by atoms with Crippen LogP contribution in [0.1, 0.15) is 30.8 Å². The van der Waals surface area contributed by atoms with Gasteiger partial charge in [-0.1, -0.05) is 18.5 Å². The fourth-order valence-electron chi connectivity index (χ4n) is 1.70. The molecule has 1 atom stereocenters. The first-order chi connectivity index (χ1) is 9.41. The van der Waals surface area contributed by atoms with E-state index in [4.69, 9.17) is 11.6 Å². The zero-order valence-electron chi connectivity index (χ0n) is 10.5. The van der Waals surface area contributed by atoms with Crippen LogP contribution in [0.3, 0.4) is 0 Å². The molecular weight excluding hydrogens is 293 g/mol. The number of alkyl halides is 3. The molecule has 0 aliphatic heterocycles. The van der Waals surface area contributed by atoms with Gasteiger partial charge in [0.05, 0.1) is 16.6 Å². The van der Waals surface area contributed by atoms with E-state index < -0.39 is 11.7 Å². The molecule has 8 heteroatoms. The molecule has 0 bridgehead atoms. The van der Waals surface area contributed by atoms with Crippen LogP contribution in [0.2, 0.25) is 5.02 Å². The van der Waals surface area contributed by atoms with Crippen LogP contribution in [0.25, 0.3) is 0 Å². The van der Waals surface area contributed by atoms with Crippen LogP contribution < -0.4 is 5.32 Å². The van der Waals surface area contributed by atoms with E-state index in [1.54, 1.807) is 12.4 Å². The van der Waals surface area contributed by atoms with Crippen molar-refractivity contribution in [2.45, 2.75) is 25.6 Å². The molecule has 0 spiro atoms. The summed E-state index contributed by atoms with van der Waals surface area (Å²) in [4.78, 5) is 10.8. The summed E-state index contributed by atoms with van der Waals surface area (Å²) in [5.74, 6) is 0.869. The molecule has 108 valence electrons. The molecule has 0 aliphatic carbocycles. The number of H-pyrrole nitrogens is 1. The van der Waals surface area contributed by atoms with Crippen LogP contribution in [-0.4, -0.2) is 15.0 Å². The smallest absolute Gasteiger partial charge is 0.359 e. The van der Waals surface area contributed by atoms with Gasteiger partial charge in [0.15, 0.2) is 0 Å². The third-order valence-corrected chi connectivity index (χ3v) is 3.03. The lowest BCUT2D eigenvalue weighted by molar-refractivity contribution is -0.137. The molecular formula is C12H12ClF3N4. The number of nitrogens with one attached hydrogen (secondary N) is 2. The summed E-state index contributed by atoms with van der Waals surface area (Å²) in [6.45, 7) is 1.91. The number of pyridine rings is 1. The summed E-state index contributed by atoms with van der Waals surface area (Å²) in [5.41, 5.74) is -0.876. The summed E-state index contributed by atoms with van der Waals surface area (Å²) in [6.07, 6.45) is 0.235. The van der Waals surface area contributed by atoms with Crippen LogP contribution >= 0.6 is 11.6 Å². The van der Waals surface area contributed by atoms with Gasteiger partial charge in [-0.3, -0.25) is 0 Å². The van der Waals surface area contributed by atoms with Crippen molar-refractivity contribution in [2.75, 3.05) is 5.32 Å². The molecule has 4 nitrogen and oxygen atoms in total. The zero-order valence-corrected chi connectivity index (χ0v) is 11.3. The van der Waals surface area contributed by atoms with E-state index in [9.17, 15) is 13.2 Å². The lowest BCUT2D eigenvalue weighted by Crippen LogP contribution is -2.13. The minimum absolute atomic E-state index is 0.0789. The topological polar surface area (TPSA) is 53.6 Å². The Hall–Kier alpha value is -1.76. The Balaban J connectivity index is 2.21. The van der Waals surface area contributed by atoms with E-state index >= 15 is 0 Å². The second-order valence-corrected chi connectivity index (χ2v) is 4.54. The number of anilines is 1. The average Bonchev–Trinajstić information content (AvgIpc) is 2.90. The van der Waals surface area contributed by atoms with Crippen molar-refractivity contribution >= 4 is 17.4 Å². The molecule has 0 aliphatic rings. The van der Waals surface area contributed by atoms with Crippen molar-refractivity contribution < 1.29 is 13.2 Å². The SMILES string of the molecule is CCC(Nc1ncc(C(F)(F)F)cc1Cl)c1ncc[nH]1. The Morgan fingerprint density at radius 1 is 1.40 bits per heavy atom. The molecule has 0 saturated carbocycles. The number of nitrogens with zero attached hydrogens (tertiary/aromatic N) is 2.